The largest absolute Gasteiger partial charge is 0.289 e. The van der Waals surface area contributed by atoms with E-state index in [-0.39, 0.29) is 24.3 Å². The van der Waals surface area contributed by atoms with Crippen molar-refractivity contribution in [2.75, 3.05) is 6.54 Å². The summed E-state index contributed by atoms with van der Waals surface area (Å²) in [7, 11) is 0. The maximum atomic E-state index is 14.9. The van der Waals surface area contributed by atoms with Crippen molar-refractivity contribution >= 4 is 0 Å². The lowest BCUT2D eigenvalue weighted by Gasteiger charge is -2.29. The van der Waals surface area contributed by atoms with E-state index in [2.05, 4.69) is 13.8 Å². The van der Waals surface area contributed by atoms with Gasteiger partial charge in [0.1, 0.15) is 0 Å². The fourth-order valence-electron chi connectivity index (χ4n) is 4.42. The molecule has 0 bridgehead atoms. The maximum Gasteiger partial charge on any atom is 0.260 e. The van der Waals surface area contributed by atoms with Gasteiger partial charge in [-0.3, -0.25) is 4.90 Å². The first-order chi connectivity index (χ1) is 12.8. The van der Waals surface area contributed by atoms with Crippen LogP contribution in [0.4, 0.5) is 8.78 Å². The van der Waals surface area contributed by atoms with Crippen LogP contribution in [0.2, 0.25) is 0 Å². The molecule has 0 aliphatic heterocycles. The highest BCUT2D eigenvalue weighted by Gasteiger charge is 2.39. The van der Waals surface area contributed by atoms with Crippen LogP contribution < -0.4 is 0 Å². The number of halogens is 2. The molecule has 0 radical (unpaired) electrons. The van der Waals surface area contributed by atoms with Crippen LogP contribution in [0.1, 0.15) is 50.7 Å². The average molecular weight is 372 g/mol. The summed E-state index contributed by atoms with van der Waals surface area (Å²) in [5, 5.41) is 0. The average Bonchev–Trinajstić information content (AvgIpc) is 2.94. The molecule has 1 saturated carbocycles. The van der Waals surface area contributed by atoms with Crippen LogP contribution in [0.15, 0.2) is 60.7 Å². The van der Waals surface area contributed by atoms with Gasteiger partial charge in [0.2, 0.25) is 0 Å². The van der Waals surface area contributed by atoms with E-state index in [0.717, 1.165) is 30.4 Å². The predicted molar refractivity (Wildman–Crippen MR) is 108 cm³/mol. The van der Waals surface area contributed by atoms with Gasteiger partial charge < -0.3 is 0 Å². The Balaban J connectivity index is 1.67. The number of hydrogen-bond donors (Lipinski definition) is 0. The minimum Gasteiger partial charge on any atom is -0.289 e. The van der Waals surface area contributed by atoms with Gasteiger partial charge in [-0.25, -0.2) is 8.78 Å². The van der Waals surface area contributed by atoms with Gasteiger partial charge >= 0.3 is 0 Å². The van der Waals surface area contributed by atoms with Crippen molar-refractivity contribution in [3.05, 3.63) is 71.8 Å². The molecule has 0 heterocycles. The van der Waals surface area contributed by atoms with Gasteiger partial charge in [0.15, 0.2) is 0 Å². The van der Waals surface area contributed by atoms with Gasteiger partial charge in [0.25, 0.3) is 5.92 Å². The Morgan fingerprint density at radius 3 is 1.89 bits per heavy atom. The minimum atomic E-state index is -2.66. The number of hydrogen-bond acceptors (Lipinski definition) is 1. The lowest BCUT2D eigenvalue weighted by Crippen LogP contribution is -2.37. The third kappa shape index (κ3) is 6.42. The highest BCUT2D eigenvalue weighted by molar-refractivity contribution is 5.17. The van der Waals surface area contributed by atoms with Crippen LogP contribution in [-0.2, 0) is 13.1 Å². The molecule has 1 unspecified atom stereocenters. The van der Waals surface area contributed by atoms with Gasteiger partial charge in [-0.1, -0.05) is 74.5 Å². The summed E-state index contributed by atoms with van der Waals surface area (Å²) >= 11 is 0. The number of alkyl halides is 2. The van der Waals surface area contributed by atoms with Crippen molar-refractivity contribution in [3.8, 4) is 0 Å². The molecule has 1 atom stereocenters. The summed E-state index contributed by atoms with van der Waals surface area (Å²) < 4.78 is 29.9. The van der Waals surface area contributed by atoms with Crippen LogP contribution in [-0.4, -0.2) is 17.4 Å². The second-order valence-corrected chi connectivity index (χ2v) is 8.95. The summed E-state index contributed by atoms with van der Waals surface area (Å²) in [6, 6.07) is 19.8. The molecule has 2 aromatic rings. The van der Waals surface area contributed by atoms with Gasteiger partial charge in [-0.2, -0.15) is 0 Å². The topological polar surface area (TPSA) is 3.24 Å². The van der Waals surface area contributed by atoms with Crippen molar-refractivity contribution in [1.29, 1.82) is 0 Å². The zero-order chi connectivity index (χ0) is 19.3. The Kier molecular flexibility index (Phi) is 6.31. The molecule has 1 aliphatic carbocycles. The van der Waals surface area contributed by atoms with Crippen LogP contribution in [0.25, 0.3) is 0 Å². The van der Waals surface area contributed by atoms with Crippen molar-refractivity contribution in [1.82, 2.24) is 4.90 Å². The molecule has 1 aliphatic rings. The number of benzene rings is 2. The van der Waals surface area contributed by atoms with Crippen LogP contribution in [0, 0.1) is 11.3 Å². The molecule has 1 fully saturated rings. The fourth-order valence-corrected chi connectivity index (χ4v) is 4.42. The summed E-state index contributed by atoms with van der Waals surface area (Å²) in [5.74, 6) is -2.51. The Hall–Kier alpha value is -1.74. The van der Waals surface area contributed by atoms with E-state index in [1.165, 1.54) is 0 Å². The molecule has 2 aromatic carbocycles. The monoisotopic (exact) mass is 371 g/mol. The highest BCUT2D eigenvalue weighted by atomic mass is 19.3. The first-order valence-electron chi connectivity index (χ1n) is 9.99. The fraction of sp³-hybridized carbons (Fsp3) is 0.500. The minimum absolute atomic E-state index is 0.0104. The highest BCUT2D eigenvalue weighted by Crippen LogP contribution is 2.45. The first-order valence-corrected chi connectivity index (χ1v) is 9.99. The van der Waals surface area contributed by atoms with Crippen LogP contribution >= 0.6 is 0 Å². The molecule has 0 N–H and O–H groups in total. The predicted octanol–water partition coefficient (Wildman–Crippen LogP) is 6.54. The van der Waals surface area contributed by atoms with Crippen LogP contribution in [0.5, 0.6) is 0 Å². The van der Waals surface area contributed by atoms with E-state index in [1.807, 2.05) is 65.6 Å². The smallest absolute Gasteiger partial charge is 0.260 e. The second kappa shape index (κ2) is 8.52. The molecule has 0 aromatic heterocycles. The summed E-state index contributed by atoms with van der Waals surface area (Å²) in [6.45, 7) is 5.29. The first kappa shape index (κ1) is 20.0. The molecular formula is C24H31F2N. The molecule has 27 heavy (non-hydrogen) atoms. The molecule has 3 rings (SSSR count). The molecule has 3 heteroatoms. The van der Waals surface area contributed by atoms with Crippen molar-refractivity contribution < 1.29 is 8.78 Å². The molecule has 0 amide bonds. The SMILES string of the molecule is CC1(C)CCC(CC(F)(F)CN(Cc2ccccc2)Cc2ccccc2)C1. The number of nitrogens with zero attached hydrogens (tertiary/aromatic N) is 1. The quantitative estimate of drug-likeness (QED) is 0.509. The molecule has 0 spiro atoms. The van der Waals surface area contributed by atoms with Crippen molar-refractivity contribution in [2.24, 2.45) is 11.3 Å². The summed E-state index contributed by atoms with van der Waals surface area (Å²) in [6.07, 6.45) is 2.92. The van der Waals surface area contributed by atoms with E-state index in [1.54, 1.807) is 0 Å². The maximum absolute atomic E-state index is 14.9. The molecule has 0 saturated heterocycles. The molecule has 1 nitrogen and oxygen atoms in total. The zero-order valence-electron chi connectivity index (χ0n) is 16.5. The Labute approximate surface area is 162 Å². The number of rotatable bonds is 8. The second-order valence-electron chi connectivity index (χ2n) is 8.95. The van der Waals surface area contributed by atoms with E-state index < -0.39 is 5.92 Å². The Morgan fingerprint density at radius 1 is 0.926 bits per heavy atom. The van der Waals surface area contributed by atoms with E-state index in [0.29, 0.717) is 13.1 Å². The lowest BCUT2D eigenvalue weighted by molar-refractivity contribution is -0.0553. The Morgan fingerprint density at radius 2 is 1.44 bits per heavy atom. The third-order valence-electron chi connectivity index (χ3n) is 5.61. The van der Waals surface area contributed by atoms with Crippen molar-refractivity contribution in [2.45, 2.75) is 58.5 Å². The van der Waals surface area contributed by atoms with Gasteiger partial charge in [-0.05, 0) is 41.7 Å². The summed E-state index contributed by atoms with van der Waals surface area (Å²) in [4.78, 5) is 1.89. The third-order valence-corrected chi connectivity index (χ3v) is 5.61. The standard InChI is InChI=1S/C24H31F2N/c1-23(2)14-13-22(15-23)16-24(25,26)19-27(17-20-9-5-3-6-10-20)18-21-11-7-4-8-12-21/h3-12,22H,13-19H2,1-2H3. The Bertz CT molecular complexity index is 655. The van der Waals surface area contributed by atoms with Gasteiger partial charge in [0.05, 0.1) is 6.54 Å². The molecule has 146 valence electrons. The van der Waals surface area contributed by atoms with Crippen molar-refractivity contribution in [3.63, 3.8) is 0 Å². The summed E-state index contributed by atoms with van der Waals surface area (Å²) in [5.41, 5.74) is 2.37. The normalized spacial score (nSPS) is 19.5. The van der Waals surface area contributed by atoms with Crippen LogP contribution in [0.3, 0.4) is 0 Å². The van der Waals surface area contributed by atoms with E-state index >= 15 is 0 Å². The van der Waals surface area contributed by atoms with E-state index in [4.69, 9.17) is 0 Å². The zero-order valence-corrected chi connectivity index (χ0v) is 16.5. The van der Waals surface area contributed by atoms with Gasteiger partial charge in [0, 0.05) is 19.5 Å². The van der Waals surface area contributed by atoms with E-state index in [9.17, 15) is 8.78 Å². The van der Waals surface area contributed by atoms with Gasteiger partial charge in [-0.15, -0.1) is 0 Å². The molecular weight excluding hydrogens is 340 g/mol. The lowest BCUT2D eigenvalue weighted by atomic mass is 9.89.